The maximum atomic E-state index is 12.4. The maximum absolute atomic E-state index is 12.4. The van der Waals surface area contributed by atoms with Crippen molar-refractivity contribution in [1.82, 2.24) is 9.80 Å². The number of halogens is 2. The van der Waals surface area contributed by atoms with Gasteiger partial charge in [-0.05, 0) is 51.7 Å². The summed E-state index contributed by atoms with van der Waals surface area (Å²) >= 11 is 12.0. The Morgan fingerprint density at radius 2 is 1.91 bits per heavy atom. The zero-order valence-electron chi connectivity index (χ0n) is 14.1. The lowest BCUT2D eigenvalue weighted by Crippen LogP contribution is -2.33. The van der Waals surface area contributed by atoms with Crippen LogP contribution in [0.15, 0.2) is 18.2 Å². The molecule has 0 heterocycles. The molecule has 23 heavy (non-hydrogen) atoms. The largest absolute Gasteiger partial charge is 0.381 e. The molecule has 0 radical (unpaired) electrons. The molecule has 0 aromatic heterocycles. The van der Waals surface area contributed by atoms with Crippen LogP contribution in [0.1, 0.15) is 25.3 Å². The van der Waals surface area contributed by atoms with E-state index in [9.17, 15) is 4.79 Å². The lowest BCUT2D eigenvalue weighted by molar-refractivity contribution is -0.133. The van der Waals surface area contributed by atoms with Gasteiger partial charge in [0.1, 0.15) is 0 Å². The van der Waals surface area contributed by atoms with Crippen molar-refractivity contribution in [2.24, 2.45) is 0 Å². The van der Waals surface area contributed by atoms with Gasteiger partial charge < -0.3 is 14.5 Å². The third-order valence-corrected chi connectivity index (χ3v) is 4.15. The average molecular weight is 361 g/mol. The van der Waals surface area contributed by atoms with Crippen molar-refractivity contribution in [1.29, 1.82) is 0 Å². The smallest absolute Gasteiger partial charge is 0.225 e. The van der Waals surface area contributed by atoms with Crippen molar-refractivity contribution in [3.63, 3.8) is 0 Å². The number of carbonyl (C=O) groups excluding carboxylic acids is 1. The summed E-state index contributed by atoms with van der Waals surface area (Å²) in [6.45, 7) is 5.20. The van der Waals surface area contributed by atoms with E-state index in [0.29, 0.717) is 42.8 Å². The van der Waals surface area contributed by atoms with E-state index in [1.165, 1.54) is 0 Å². The fourth-order valence-corrected chi connectivity index (χ4v) is 2.51. The monoisotopic (exact) mass is 360 g/mol. The standard InChI is InChI=1S/C17H26Cl2N2O2/c1-4-23-11-8-17(22)21(10-5-9-20(2)3)13-14-6-7-15(18)16(19)12-14/h6-7,12H,4-5,8-11,13H2,1-3H3. The Labute approximate surface area is 149 Å². The second-order valence-corrected chi connectivity index (χ2v) is 6.48. The molecular weight excluding hydrogens is 335 g/mol. The minimum absolute atomic E-state index is 0.100. The van der Waals surface area contributed by atoms with Crippen molar-refractivity contribution in [3.8, 4) is 0 Å². The summed E-state index contributed by atoms with van der Waals surface area (Å²) < 4.78 is 5.29. The minimum Gasteiger partial charge on any atom is -0.381 e. The molecule has 6 heteroatoms. The predicted octanol–water partition coefficient (Wildman–Crippen LogP) is 3.70. The molecule has 0 aliphatic heterocycles. The van der Waals surface area contributed by atoms with E-state index in [4.69, 9.17) is 27.9 Å². The average Bonchev–Trinajstić information content (AvgIpc) is 2.49. The van der Waals surface area contributed by atoms with E-state index in [2.05, 4.69) is 4.90 Å². The van der Waals surface area contributed by atoms with Crippen molar-refractivity contribution in [2.45, 2.75) is 26.3 Å². The molecule has 0 saturated heterocycles. The molecule has 0 fully saturated rings. The Balaban J connectivity index is 2.68. The summed E-state index contributed by atoms with van der Waals surface area (Å²) in [6, 6.07) is 5.49. The third kappa shape index (κ3) is 8.02. The van der Waals surface area contributed by atoms with Crippen molar-refractivity contribution in [2.75, 3.05) is 40.4 Å². The number of benzene rings is 1. The second-order valence-electron chi connectivity index (χ2n) is 5.67. The predicted molar refractivity (Wildman–Crippen MR) is 96.2 cm³/mol. The van der Waals surface area contributed by atoms with Crippen molar-refractivity contribution in [3.05, 3.63) is 33.8 Å². The molecule has 1 amide bonds. The van der Waals surface area contributed by atoms with Gasteiger partial charge in [-0.2, -0.15) is 0 Å². The number of nitrogens with zero attached hydrogens (tertiary/aromatic N) is 2. The van der Waals surface area contributed by atoms with Gasteiger partial charge in [0.05, 0.1) is 23.1 Å². The van der Waals surface area contributed by atoms with Gasteiger partial charge in [0.15, 0.2) is 0 Å². The van der Waals surface area contributed by atoms with Gasteiger partial charge in [0.25, 0.3) is 0 Å². The van der Waals surface area contributed by atoms with E-state index in [1.54, 1.807) is 6.07 Å². The van der Waals surface area contributed by atoms with Gasteiger partial charge in [-0.3, -0.25) is 4.79 Å². The molecule has 1 aromatic carbocycles. The lowest BCUT2D eigenvalue weighted by Gasteiger charge is -2.24. The molecule has 1 rings (SSSR count). The highest BCUT2D eigenvalue weighted by molar-refractivity contribution is 6.42. The van der Waals surface area contributed by atoms with Crippen LogP contribution in [0.4, 0.5) is 0 Å². The molecule has 0 saturated carbocycles. The van der Waals surface area contributed by atoms with Crippen LogP contribution in [0.25, 0.3) is 0 Å². The Hall–Kier alpha value is -0.810. The van der Waals surface area contributed by atoms with Crippen molar-refractivity contribution >= 4 is 29.1 Å². The number of ether oxygens (including phenoxy) is 1. The first-order valence-electron chi connectivity index (χ1n) is 7.88. The highest BCUT2D eigenvalue weighted by Gasteiger charge is 2.14. The molecule has 0 bridgehead atoms. The van der Waals surface area contributed by atoms with Crippen LogP contribution in [0.5, 0.6) is 0 Å². The van der Waals surface area contributed by atoms with Crippen LogP contribution in [0.3, 0.4) is 0 Å². The maximum Gasteiger partial charge on any atom is 0.225 e. The van der Waals surface area contributed by atoms with Crippen LogP contribution >= 0.6 is 23.2 Å². The van der Waals surface area contributed by atoms with Gasteiger partial charge in [-0.15, -0.1) is 0 Å². The topological polar surface area (TPSA) is 32.8 Å². The number of hydrogen-bond acceptors (Lipinski definition) is 3. The fraction of sp³-hybridized carbons (Fsp3) is 0.588. The second kappa shape index (κ2) is 10.9. The van der Waals surface area contributed by atoms with Crippen LogP contribution in [0, 0.1) is 0 Å². The van der Waals surface area contributed by atoms with E-state index in [-0.39, 0.29) is 5.91 Å². The molecule has 4 nitrogen and oxygen atoms in total. The Bertz CT molecular complexity index is 495. The van der Waals surface area contributed by atoms with Gasteiger partial charge in [-0.25, -0.2) is 0 Å². The number of hydrogen-bond donors (Lipinski definition) is 0. The minimum atomic E-state index is 0.100. The zero-order valence-corrected chi connectivity index (χ0v) is 15.7. The van der Waals surface area contributed by atoms with Gasteiger partial charge in [0, 0.05) is 19.7 Å². The van der Waals surface area contributed by atoms with Crippen molar-refractivity contribution < 1.29 is 9.53 Å². The SMILES string of the molecule is CCOCCC(=O)N(CCCN(C)C)Cc1ccc(Cl)c(Cl)c1. The fourth-order valence-electron chi connectivity index (χ4n) is 2.19. The summed E-state index contributed by atoms with van der Waals surface area (Å²) in [5, 5.41) is 1.04. The molecule has 0 atom stereocenters. The summed E-state index contributed by atoms with van der Waals surface area (Å²) in [5.74, 6) is 0.100. The Morgan fingerprint density at radius 1 is 1.17 bits per heavy atom. The molecule has 0 unspecified atom stereocenters. The normalized spacial score (nSPS) is 11.0. The first-order valence-corrected chi connectivity index (χ1v) is 8.63. The molecule has 0 aliphatic carbocycles. The van der Waals surface area contributed by atoms with Crippen LogP contribution in [0.2, 0.25) is 10.0 Å². The zero-order chi connectivity index (χ0) is 17.2. The van der Waals surface area contributed by atoms with Crippen LogP contribution < -0.4 is 0 Å². The first kappa shape index (κ1) is 20.2. The summed E-state index contributed by atoms with van der Waals surface area (Å²) in [6.07, 6.45) is 1.33. The summed E-state index contributed by atoms with van der Waals surface area (Å²) in [7, 11) is 4.06. The highest BCUT2D eigenvalue weighted by atomic mass is 35.5. The van der Waals surface area contributed by atoms with Gasteiger partial charge >= 0.3 is 0 Å². The lowest BCUT2D eigenvalue weighted by atomic mass is 10.2. The van der Waals surface area contributed by atoms with Crippen LogP contribution in [-0.4, -0.2) is 56.1 Å². The summed E-state index contributed by atoms with van der Waals surface area (Å²) in [5.41, 5.74) is 0.981. The Kier molecular flexibility index (Phi) is 9.56. The number of carbonyl (C=O) groups is 1. The number of amides is 1. The van der Waals surface area contributed by atoms with E-state index in [0.717, 1.165) is 18.5 Å². The van der Waals surface area contributed by atoms with E-state index in [1.807, 2.05) is 38.1 Å². The number of rotatable bonds is 10. The van der Waals surface area contributed by atoms with Crippen LogP contribution in [-0.2, 0) is 16.1 Å². The van der Waals surface area contributed by atoms with E-state index < -0.39 is 0 Å². The quantitative estimate of drug-likeness (QED) is 0.596. The molecule has 1 aromatic rings. The van der Waals surface area contributed by atoms with Gasteiger partial charge in [-0.1, -0.05) is 29.3 Å². The molecule has 0 aliphatic rings. The molecule has 130 valence electrons. The highest BCUT2D eigenvalue weighted by Crippen LogP contribution is 2.23. The first-order chi connectivity index (χ1) is 10.9. The third-order valence-electron chi connectivity index (χ3n) is 3.41. The van der Waals surface area contributed by atoms with E-state index >= 15 is 0 Å². The molecule has 0 spiro atoms. The molecule has 0 N–H and O–H groups in total. The summed E-state index contributed by atoms with van der Waals surface area (Å²) in [4.78, 5) is 16.4. The van der Waals surface area contributed by atoms with Gasteiger partial charge in [0.2, 0.25) is 5.91 Å². The Morgan fingerprint density at radius 3 is 2.52 bits per heavy atom. The molecular formula is C17H26Cl2N2O2.